The lowest BCUT2D eigenvalue weighted by atomic mass is 9.98. The average molecular weight is 374 g/mol. The van der Waals surface area contributed by atoms with Gasteiger partial charge in [0.05, 0.1) is 12.1 Å². The summed E-state index contributed by atoms with van der Waals surface area (Å²) < 4.78 is 0. The fraction of sp³-hybridized carbons (Fsp3) is 0.0435. The first kappa shape index (κ1) is 18.4. The van der Waals surface area contributed by atoms with Gasteiger partial charge in [0.25, 0.3) is 5.91 Å². The number of rotatable bonds is 4. The third kappa shape index (κ3) is 4.84. The first-order chi connectivity index (χ1) is 13.1. The molecule has 0 unspecified atom stereocenters. The molecule has 0 aromatic heterocycles. The highest BCUT2D eigenvalue weighted by molar-refractivity contribution is 6.30. The van der Waals surface area contributed by atoms with E-state index in [9.17, 15) is 9.59 Å². The Hall–Kier alpha value is -3.35. The van der Waals surface area contributed by atoms with Crippen LogP contribution in [0.4, 0.5) is 0 Å². The Labute approximate surface area is 163 Å². The van der Waals surface area contributed by atoms with Gasteiger partial charge in [-0.25, -0.2) is 0 Å². The Morgan fingerprint density at radius 1 is 0.852 bits per heavy atom. The molecular weight excluding hydrogens is 358 g/mol. The summed E-state index contributed by atoms with van der Waals surface area (Å²) in [7, 11) is 0. The quantitative estimate of drug-likeness (QED) is 0.545. The van der Waals surface area contributed by atoms with Crippen molar-refractivity contribution in [3.8, 4) is 11.8 Å². The van der Waals surface area contributed by atoms with E-state index >= 15 is 0 Å². The zero-order chi connectivity index (χ0) is 19.1. The topological polar surface area (TPSA) is 46.2 Å². The largest absolute Gasteiger partial charge is 0.341 e. The highest BCUT2D eigenvalue weighted by atomic mass is 35.5. The Morgan fingerprint density at radius 2 is 1.56 bits per heavy atom. The van der Waals surface area contributed by atoms with Gasteiger partial charge < -0.3 is 5.32 Å². The van der Waals surface area contributed by atoms with Gasteiger partial charge in [-0.05, 0) is 24.3 Å². The van der Waals surface area contributed by atoms with Gasteiger partial charge in [-0.3, -0.25) is 9.59 Å². The van der Waals surface area contributed by atoms with Crippen LogP contribution < -0.4 is 5.32 Å². The van der Waals surface area contributed by atoms with Crippen molar-refractivity contribution in [2.24, 2.45) is 0 Å². The number of hydrogen-bond acceptors (Lipinski definition) is 2. The third-order valence-electron chi connectivity index (χ3n) is 3.85. The monoisotopic (exact) mass is 373 g/mol. The number of halogens is 1. The van der Waals surface area contributed by atoms with Crippen LogP contribution in [0, 0.1) is 11.8 Å². The van der Waals surface area contributed by atoms with Crippen LogP contribution in [0.2, 0.25) is 5.02 Å². The molecule has 27 heavy (non-hydrogen) atoms. The lowest BCUT2D eigenvalue weighted by molar-refractivity contribution is 0.0946. The molecule has 0 aliphatic heterocycles. The number of carbonyl (C=O) groups is 2. The van der Waals surface area contributed by atoms with Gasteiger partial charge in [0.1, 0.15) is 0 Å². The van der Waals surface area contributed by atoms with E-state index in [1.807, 2.05) is 18.2 Å². The average Bonchev–Trinajstić information content (AvgIpc) is 2.71. The number of nitrogens with one attached hydrogen (secondary N) is 1. The molecule has 3 nitrogen and oxygen atoms in total. The predicted molar refractivity (Wildman–Crippen MR) is 107 cm³/mol. The maximum absolute atomic E-state index is 12.7. The molecule has 0 saturated heterocycles. The molecule has 0 spiro atoms. The van der Waals surface area contributed by atoms with E-state index in [0.717, 1.165) is 5.56 Å². The molecule has 0 fully saturated rings. The molecule has 1 N–H and O–H groups in total. The van der Waals surface area contributed by atoms with Crippen molar-refractivity contribution in [2.45, 2.75) is 0 Å². The fourth-order valence-electron chi connectivity index (χ4n) is 2.56. The zero-order valence-electron chi connectivity index (χ0n) is 14.4. The molecule has 0 saturated carbocycles. The second-order valence-electron chi connectivity index (χ2n) is 5.74. The molecule has 3 rings (SSSR count). The van der Waals surface area contributed by atoms with Crippen LogP contribution in [-0.2, 0) is 0 Å². The van der Waals surface area contributed by atoms with Crippen molar-refractivity contribution in [3.05, 3.63) is 106 Å². The lowest BCUT2D eigenvalue weighted by Crippen LogP contribution is -2.25. The van der Waals surface area contributed by atoms with E-state index in [1.54, 1.807) is 60.7 Å². The minimum atomic E-state index is -0.338. The van der Waals surface area contributed by atoms with Crippen LogP contribution in [0.1, 0.15) is 31.8 Å². The molecule has 0 atom stereocenters. The Morgan fingerprint density at radius 3 is 2.30 bits per heavy atom. The van der Waals surface area contributed by atoms with Crippen molar-refractivity contribution >= 4 is 23.3 Å². The fourth-order valence-corrected chi connectivity index (χ4v) is 2.75. The lowest BCUT2D eigenvalue weighted by Gasteiger charge is -2.08. The number of amides is 1. The van der Waals surface area contributed by atoms with Gasteiger partial charge in [0.2, 0.25) is 0 Å². The van der Waals surface area contributed by atoms with E-state index < -0.39 is 0 Å². The number of carbonyl (C=O) groups excluding carboxylic acids is 2. The van der Waals surface area contributed by atoms with Gasteiger partial charge in [-0.1, -0.05) is 78.0 Å². The summed E-state index contributed by atoms with van der Waals surface area (Å²) in [6, 6.07) is 22.8. The van der Waals surface area contributed by atoms with Gasteiger partial charge in [0, 0.05) is 21.7 Å². The minimum absolute atomic E-state index is 0.166. The smallest absolute Gasteiger partial charge is 0.252 e. The molecule has 132 valence electrons. The van der Waals surface area contributed by atoms with Crippen molar-refractivity contribution in [3.63, 3.8) is 0 Å². The molecule has 0 bridgehead atoms. The molecule has 0 radical (unpaired) electrons. The van der Waals surface area contributed by atoms with E-state index in [-0.39, 0.29) is 18.2 Å². The Kier molecular flexibility index (Phi) is 6.04. The van der Waals surface area contributed by atoms with E-state index in [2.05, 4.69) is 17.2 Å². The first-order valence-corrected chi connectivity index (χ1v) is 8.74. The van der Waals surface area contributed by atoms with E-state index in [4.69, 9.17) is 11.6 Å². The van der Waals surface area contributed by atoms with Crippen LogP contribution in [0.25, 0.3) is 0 Å². The van der Waals surface area contributed by atoms with Gasteiger partial charge in [-0.15, -0.1) is 0 Å². The summed E-state index contributed by atoms with van der Waals surface area (Å²) in [5.74, 6) is 5.30. The molecule has 3 aromatic carbocycles. The molecule has 3 aromatic rings. The van der Waals surface area contributed by atoms with Crippen LogP contribution in [-0.4, -0.2) is 18.2 Å². The molecule has 0 aliphatic rings. The van der Waals surface area contributed by atoms with Gasteiger partial charge in [0.15, 0.2) is 5.78 Å². The standard InChI is InChI=1S/C23H16ClNO2/c24-19-12-6-8-17(16-19)9-7-15-25-23(27)21-14-5-4-13-20(21)22(26)18-10-2-1-3-11-18/h1-6,8,10-14,16H,15H2,(H,25,27). The summed E-state index contributed by atoms with van der Waals surface area (Å²) in [6.07, 6.45) is 0. The van der Waals surface area contributed by atoms with Gasteiger partial charge >= 0.3 is 0 Å². The van der Waals surface area contributed by atoms with Crippen molar-refractivity contribution in [2.75, 3.05) is 6.54 Å². The predicted octanol–water partition coefficient (Wildman–Crippen LogP) is 4.35. The summed E-state index contributed by atoms with van der Waals surface area (Å²) in [5.41, 5.74) is 2.01. The molecule has 0 aliphatic carbocycles. The third-order valence-corrected chi connectivity index (χ3v) is 4.08. The molecule has 0 heterocycles. The highest BCUT2D eigenvalue weighted by Crippen LogP contribution is 2.15. The van der Waals surface area contributed by atoms with E-state index in [0.29, 0.717) is 21.7 Å². The number of hydrogen-bond donors (Lipinski definition) is 1. The SMILES string of the molecule is O=C(NCC#Cc1cccc(Cl)c1)c1ccccc1C(=O)c1ccccc1. The van der Waals surface area contributed by atoms with E-state index in [1.165, 1.54) is 0 Å². The molecular formula is C23H16ClNO2. The zero-order valence-corrected chi connectivity index (χ0v) is 15.2. The summed E-state index contributed by atoms with van der Waals surface area (Å²) >= 11 is 5.92. The maximum Gasteiger partial charge on any atom is 0.252 e. The maximum atomic E-state index is 12.7. The molecule has 1 amide bonds. The Bertz CT molecular complexity index is 1030. The first-order valence-electron chi connectivity index (χ1n) is 8.36. The van der Waals surface area contributed by atoms with Crippen LogP contribution in [0.15, 0.2) is 78.9 Å². The number of benzene rings is 3. The van der Waals surface area contributed by atoms with Crippen LogP contribution in [0.3, 0.4) is 0 Å². The van der Waals surface area contributed by atoms with Crippen molar-refractivity contribution in [1.82, 2.24) is 5.32 Å². The second-order valence-corrected chi connectivity index (χ2v) is 6.17. The second kappa shape index (κ2) is 8.84. The normalized spacial score (nSPS) is 9.81. The van der Waals surface area contributed by atoms with Crippen molar-refractivity contribution < 1.29 is 9.59 Å². The summed E-state index contributed by atoms with van der Waals surface area (Å²) in [6.45, 7) is 0.166. The molecule has 4 heteroatoms. The van der Waals surface area contributed by atoms with Gasteiger partial charge in [-0.2, -0.15) is 0 Å². The summed E-state index contributed by atoms with van der Waals surface area (Å²) in [5, 5.41) is 3.34. The van der Waals surface area contributed by atoms with Crippen LogP contribution in [0.5, 0.6) is 0 Å². The van der Waals surface area contributed by atoms with Crippen molar-refractivity contribution in [1.29, 1.82) is 0 Å². The highest BCUT2D eigenvalue weighted by Gasteiger charge is 2.17. The van der Waals surface area contributed by atoms with Crippen LogP contribution >= 0.6 is 11.6 Å². The Balaban J connectivity index is 1.72. The summed E-state index contributed by atoms with van der Waals surface area (Å²) in [4.78, 5) is 25.2. The minimum Gasteiger partial charge on any atom is -0.341 e. The number of ketones is 1.